The summed E-state index contributed by atoms with van der Waals surface area (Å²) >= 11 is 1.34. The van der Waals surface area contributed by atoms with Crippen molar-refractivity contribution >= 4 is 23.4 Å². The number of hydrogen-bond donors (Lipinski definition) is 1. The second-order valence-electron chi connectivity index (χ2n) is 6.54. The summed E-state index contributed by atoms with van der Waals surface area (Å²) in [5.74, 6) is 1.57. The molecule has 1 amide bonds. The number of carbonyl (C=O) groups is 1. The first-order chi connectivity index (χ1) is 14.0. The molecule has 0 spiro atoms. The standard InChI is InChI=1S/C22H23N3O3S/c1-14-9-15(2)11-16(10-14)23-21(26)13-29-22-8-6-19(24-25-22)18-12-17(27-3)5-7-20(18)28-4/h5-12H,13H2,1-4H3,(H,23,26). The Bertz CT molecular complexity index is 986. The van der Waals surface area contributed by atoms with Crippen LogP contribution in [0.1, 0.15) is 11.1 Å². The Hall–Kier alpha value is -3.06. The summed E-state index contributed by atoms with van der Waals surface area (Å²) in [6.07, 6.45) is 0. The Kier molecular flexibility index (Phi) is 6.72. The lowest BCUT2D eigenvalue weighted by molar-refractivity contribution is -0.113. The fourth-order valence-electron chi connectivity index (χ4n) is 2.94. The summed E-state index contributed by atoms with van der Waals surface area (Å²) in [6, 6.07) is 15.2. The predicted octanol–water partition coefficient (Wildman–Crippen LogP) is 4.51. The van der Waals surface area contributed by atoms with Crippen LogP contribution < -0.4 is 14.8 Å². The second kappa shape index (κ2) is 9.43. The fraction of sp³-hybridized carbons (Fsp3) is 0.227. The van der Waals surface area contributed by atoms with Gasteiger partial charge in [-0.1, -0.05) is 17.8 Å². The predicted molar refractivity (Wildman–Crippen MR) is 116 cm³/mol. The molecule has 0 unspecified atom stereocenters. The van der Waals surface area contributed by atoms with Gasteiger partial charge in [0.05, 0.1) is 25.7 Å². The number of thioether (sulfide) groups is 1. The molecule has 1 heterocycles. The molecule has 150 valence electrons. The van der Waals surface area contributed by atoms with Gasteiger partial charge in [-0.3, -0.25) is 4.79 Å². The van der Waals surface area contributed by atoms with Crippen molar-refractivity contribution in [3.63, 3.8) is 0 Å². The van der Waals surface area contributed by atoms with Gasteiger partial charge in [0.2, 0.25) is 5.91 Å². The van der Waals surface area contributed by atoms with E-state index >= 15 is 0 Å². The molecule has 29 heavy (non-hydrogen) atoms. The normalized spacial score (nSPS) is 10.5. The lowest BCUT2D eigenvalue weighted by Gasteiger charge is -2.10. The average Bonchev–Trinajstić information content (AvgIpc) is 2.71. The van der Waals surface area contributed by atoms with Crippen molar-refractivity contribution < 1.29 is 14.3 Å². The van der Waals surface area contributed by atoms with Crippen LogP contribution in [0.25, 0.3) is 11.3 Å². The van der Waals surface area contributed by atoms with Crippen molar-refractivity contribution in [1.82, 2.24) is 10.2 Å². The van der Waals surface area contributed by atoms with Crippen LogP contribution in [0.15, 0.2) is 53.6 Å². The van der Waals surface area contributed by atoms with E-state index in [-0.39, 0.29) is 11.7 Å². The molecule has 0 aliphatic carbocycles. The number of anilines is 1. The third-order valence-corrected chi connectivity index (χ3v) is 5.10. The molecule has 0 aliphatic rings. The highest BCUT2D eigenvalue weighted by Crippen LogP contribution is 2.32. The zero-order chi connectivity index (χ0) is 20.8. The van der Waals surface area contributed by atoms with Gasteiger partial charge < -0.3 is 14.8 Å². The smallest absolute Gasteiger partial charge is 0.234 e. The Morgan fingerprint density at radius 2 is 1.72 bits per heavy atom. The third-order valence-electron chi connectivity index (χ3n) is 4.18. The van der Waals surface area contributed by atoms with Crippen molar-refractivity contribution in [1.29, 1.82) is 0 Å². The molecule has 3 rings (SSSR count). The van der Waals surface area contributed by atoms with E-state index in [9.17, 15) is 4.79 Å². The van der Waals surface area contributed by atoms with Crippen LogP contribution in [0.3, 0.4) is 0 Å². The van der Waals surface area contributed by atoms with Crippen LogP contribution in [0.2, 0.25) is 0 Å². The zero-order valence-corrected chi connectivity index (χ0v) is 17.7. The number of nitrogens with zero attached hydrogens (tertiary/aromatic N) is 2. The molecule has 1 aromatic heterocycles. The molecule has 0 atom stereocenters. The molecule has 0 aliphatic heterocycles. The molecule has 0 fully saturated rings. The van der Waals surface area contributed by atoms with Crippen LogP contribution in [-0.4, -0.2) is 36.1 Å². The van der Waals surface area contributed by atoms with Crippen LogP contribution in [0, 0.1) is 13.8 Å². The van der Waals surface area contributed by atoms with Gasteiger partial charge in [0.15, 0.2) is 0 Å². The maximum atomic E-state index is 12.2. The van der Waals surface area contributed by atoms with Crippen molar-refractivity contribution in [2.75, 3.05) is 25.3 Å². The summed E-state index contributed by atoms with van der Waals surface area (Å²) < 4.78 is 10.7. The van der Waals surface area contributed by atoms with Gasteiger partial charge in [0.25, 0.3) is 0 Å². The summed E-state index contributed by atoms with van der Waals surface area (Å²) in [5.41, 5.74) is 4.50. The minimum Gasteiger partial charge on any atom is -0.497 e. The number of aryl methyl sites for hydroxylation is 2. The van der Waals surface area contributed by atoms with Gasteiger partial charge in [-0.05, 0) is 67.4 Å². The van der Waals surface area contributed by atoms with Gasteiger partial charge in [-0.2, -0.15) is 0 Å². The maximum Gasteiger partial charge on any atom is 0.234 e. The number of hydrogen-bond acceptors (Lipinski definition) is 6. The molecule has 0 saturated heterocycles. The van der Waals surface area contributed by atoms with Crippen LogP contribution >= 0.6 is 11.8 Å². The zero-order valence-electron chi connectivity index (χ0n) is 16.9. The fourth-order valence-corrected chi connectivity index (χ4v) is 3.55. The number of nitrogens with one attached hydrogen (secondary N) is 1. The number of methoxy groups -OCH3 is 2. The van der Waals surface area contributed by atoms with E-state index in [0.717, 1.165) is 22.4 Å². The number of carbonyl (C=O) groups excluding carboxylic acids is 1. The minimum absolute atomic E-state index is 0.0830. The number of amides is 1. The minimum atomic E-state index is -0.0830. The van der Waals surface area contributed by atoms with E-state index in [1.165, 1.54) is 11.8 Å². The van der Waals surface area contributed by atoms with Gasteiger partial charge >= 0.3 is 0 Å². The Labute approximate surface area is 174 Å². The quantitative estimate of drug-likeness (QED) is 0.579. The summed E-state index contributed by atoms with van der Waals surface area (Å²) in [6.45, 7) is 4.01. The Balaban J connectivity index is 1.64. The summed E-state index contributed by atoms with van der Waals surface area (Å²) in [7, 11) is 3.22. The lowest BCUT2D eigenvalue weighted by atomic mass is 10.1. The van der Waals surface area contributed by atoms with Crippen molar-refractivity contribution in [3.05, 3.63) is 59.7 Å². The first kappa shape index (κ1) is 20.7. The van der Waals surface area contributed by atoms with Crippen molar-refractivity contribution in [2.45, 2.75) is 18.9 Å². The molecule has 1 N–H and O–H groups in total. The number of aromatic nitrogens is 2. The maximum absolute atomic E-state index is 12.2. The summed E-state index contributed by atoms with van der Waals surface area (Å²) in [5, 5.41) is 12.1. The molecule has 3 aromatic rings. The van der Waals surface area contributed by atoms with Gasteiger partial charge in [-0.15, -0.1) is 10.2 Å². The number of ether oxygens (including phenoxy) is 2. The molecular weight excluding hydrogens is 386 g/mol. The highest BCUT2D eigenvalue weighted by molar-refractivity contribution is 7.99. The Morgan fingerprint density at radius 1 is 0.966 bits per heavy atom. The van der Waals surface area contributed by atoms with E-state index in [4.69, 9.17) is 9.47 Å². The highest BCUT2D eigenvalue weighted by atomic mass is 32.2. The lowest BCUT2D eigenvalue weighted by Crippen LogP contribution is -2.14. The summed E-state index contributed by atoms with van der Waals surface area (Å²) in [4.78, 5) is 12.2. The van der Waals surface area contributed by atoms with Gasteiger partial charge in [-0.25, -0.2) is 0 Å². The SMILES string of the molecule is COc1ccc(OC)c(-c2ccc(SCC(=O)Nc3cc(C)cc(C)c3)nn2)c1. The van der Waals surface area contributed by atoms with E-state index in [1.807, 2.05) is 56.3 Å². The van der Waals surface area contributed by atoms with E-state index in [0.29, 0.717) is 22.2 Å². The monoisotopic (exact) mass is 409 g/mol. The van der Waals surface area contributed by atoms with E-state index in [2.05, 4.69) is 21.6 Å². The molecule has 0 bridgehead atoms. The highest BCUT2D eigenvalue weighted by Gasteiger charge is 2.11. The number of benzene rings is 2. The molecule has 2 aromatic carbocycles. The molecule has 6 nitrogen and oxygen atoms in total. The van der Waals surface area contributed by atoms with E-state index in [1.54, 1.807) is 14.2 Å². The van der Waals surface area contributed by atoms with E-state index < -0.39 is 0 Å². The largest absolute Gasteiger partial charge is 0.497 e. The molecule has 0 saturated carbocycles. The second-order valence-corrected chi connectivity index (χ2v) is 7.53. The Morgan fingerprint density at radius 3 is 2.34 bits per heavy atom. The van der Waals surface area contributed by atoms with Crippen LogP contribution in [0.5, 0.6) is 11.5 Å². The molecule has 0 radical (unpaired) electrons. The average molecular weight is 410 g/mol. The topological polar surface area (TPSA) is 73.3 Å². The molecular formula is C22H23N3O3S. The van der Waals surface area contributed by atoms with Crippen molar-refractivity contribution in [2.24, 2.45) is 0 Å². The number of rotatable bonds is 7. The van der Waals surface area contributed by atoms with Gasteiger partial charge in [0, 0.05) is 11.3 Å². The first-order valence-corrected chi connectivity index (χ1v) is 10.0. The van der Waals surface area contributed by atoms with Crippen LogP contribution in [0.4, 0.5) is 5.69 Å². The van der Waals surface area contributed by atoms with Gasteiger partial charge in [0.1, 0.15) is 16.5 Å². The first-order valence-electron chi connectivity index (χ1n) is 9.05. The van der Waals surface area contributed by atoms with Crippen molar-refractivity contribution in [3.8, 4) is 22.8 Å². The third kappa shape index (κ3) is 5.48. The molecule has 7 heteroatoms. The van der Waals surface area contributed by atoms with Crippen LogP contribution in [-0.2, 0) is 4.79 Å².